The van der Waals surface area contributed by atoms with Crippen LogP contribution in [0, 0.1) is 10.1 Å². The molecular formula is C40H35N5O3. The fourth-order valence-electron chi connectivity index (χ4n) is 4.66. The van der Waals surface area contributed by atoms with Gasteiger partial charge in [-0.2, -0.15) is 10.2 Å². The van der Waals surface area contributed by atoms with Crippen molar-refractivity contribution in [2.24, 2.45) is 10.2 Å². The van der Waals surface area contributed by atoms with Gasteiger partial charge in [0.2, 0.25) is 0 Å². The molecule has 0 heterocycles. The lowest BCUT2D eigenvalue weighted by Crippen LogP contribution is -2.16. The highest BCUT2D eigenvalue weighted by Crippen LogP contribution is 2.20. The molecule has 6 aromatic carbocycles. The molecule has 238 valence electrons. The first-order valence-corrected chi connectivity index (χ1v) is 15.4. The Kier molecular flexibility index (Phi) is 11.8. The van der Waals surface area contributed by atoms with Crippen LogP contribution in [0.2, 0.25) is 0 Å². The maximum absolute atomic E-state index is 10.7. The number of non-ortho nitro benzene ring substituents is 1. The first-order chi connectivity index (χ1) is 23.5. The van der Waals surface area contributed by atoms with Crippen molar-refractivity contribution in [3.05, 3.63) is 202 Å². The number of benzene rings is 6. The van der Waals surface area contributed by atoms with Gasteiger partial charge in [0.1, 0.15) is 5.75 Å². The van der Waals surface area contributed by atoms with E-state index in [-0.39, 0.29) is 11.4 Å². The third-order valence-electron chi connectivity index (χ3n) is 7.18. The van der Waals surface area contributed by atoms with Crippen molar-refractivity contribution in [2.75, 3.05) is 10.0 Å². The molecule has 0 aliphatic heterocycles. The third-order valence-corrected chi connectivity index (χ3v) is 7.18. The molecule has 6 rings (SSSR count). The molecule has 1 N–H and O–H groups in total. The van der Waals surface area contributed by atoms with Gasteiger partial charge in [0.05, 0.1) is 41.8 Å². The lowest BCUT2D eigenvalue weighted by molar-refractivity contribution is -0.384. The number of hydrazone groups is 2. The lowest BCUT2D eigenvalue weighted by Gasteiger charge is -2.19. The van der Waals surface area contributed by atoms with E-state index in [4.69, 9.17) is 0 Å². The van der Waals surface area contributed by atoms with Gasteiger partial charge in [-0.3, -0.25) is 20.1 Å². The van der Waals surface area contributed by atoms with Gasteiger partial charge in [-0.15, -0.1) is 0 Å². The predicted octanol–water partition coefficient (Wildman–Crippen LogP) is 9.07. The van der Waals surface area contributed by atoms with Gasteiger partial charge >= 0.3 is 0 Å². The molecule has 0 bridgehead atoms. The SMILES string of the molecule is O=[N+]([O-])c1ccc(/C=N/N(Cc2ccccc2)c2ccccc2)cc1.Oc1ccccc1/C=N/N(Cc1ccccc1)c1ccccc1. The number of phenolic OH excluding ortho intramolecular Hbond substituents is 1. The van der Waals surface area contributed by atoms with E-state index in [1.54, 1.807) is 36.7 Å². The average Bonchev–Trinajstić information content (AvgIpc) is 3.14. The molecule has 0 aliphatic carbocycles. The number of anilines is 2. The highest BCUT2D eigenvalue weighted by molar-refractivity contribution is 5.84. The van der Waals surface area contributed by atoms with Crippen LogP contribution in [0.25, 0.3) is 0 Å². The minimum absolute atomic E-state index is 0.0707. The molecule has 0 amide bonds. The highest BCUT2D eigenvalue weighted by Gasteiger charge is 2.08. The van der Waals surface area contributed by atoms with E-state index >= 15 is 0 Å². The van der Waals surface area contributed by atoms with Crippen LogP contribution in [0.15, 0.2) is 180 Å². The molecule has 0 aromatic heterocycles. The molecule has 0 spiro atoms. The van der Waals surface area contributed by atoms with Crippen LogP contribution in [-0.2, 0) is 13.1 Å². The number of nitro groups is 1. The smallest absolute Gasteiger partial charge is 0.269 e. The zero-order chi connectivity index (χ0) is 33.4. The fraction of sp³-hybridized carbons (Fsp3) is 0.0500. The number of aromatic hydroxyl groups is 1. The molecule has 0 atom stereocenters. The number of hydrogen-bond acceptors (Lipinski definition) is 7. The van der Waals surface area contributed by atoms with Gasteiger partial charge in [-0.25, -0.2) is 0 Å². The van der Waals surface area contributed by atoms with E-state index in [2.05, 4.69) is 34.5 Å². The third kappa shape index (κ3) is 9.98. The summed E-state index contributed by atoms with van der Waals surface area (Å²) < 4.78 is 0. The monoisotopic (exact) mass is 633 g/mol. The number of rotatable bonds is 11. The van der Waals surface area contributed by atoms with Crippen molar-refractivity contribution in [1.29, 1.82) is 0 Å². The van der Waals surface area contributed by atoms with Crippen molar-refractivity contribution < 1.29 is 10.0 Å². The van der Waals surface area contributed by atoms with Crippen LogP contribution in [0.5, 0.6) is 5.75 Å². The van der Waals surface area contributed by atoms with Gasteiger partial charge in [-0.05, 0) is 65.2 Å². The second-order valence-electron chi connectivity index (χ2n) is 10.7. The van der Waals surface area contributed by atoms with Gasteiger partial charge < -0.3 is 5.11 Å². The predicted molar refractivity (Wildman–Crippen MR) is 195 cm³/mol. The Labute approximate surface area is 280 Å². The van der Waals surface area contributed by atoms with Gasteiger partial charge in [0, 0.05) is 17.7 Å². The van der Waals surface area contributed by atoms with Crippen molar-refractivity contribution in [2.45, 2.75) is 13.1 Å². The molecule has 0 saturated carbocycles. The van der Waals surface area contributed by atoms with E-state index in [0.29, 0.717) is 18.7 Å². The molecule has 8 nitrogen and oxygen atoms in total. The quantitative estimate of drug-likeness (QED) is 0.0873. The molecule has 0 saturated heterocycles. The summed E-state index contributed by atoms with van der Waals surface area (Å²) in [7, 11) is 0. The fourth-order valence-corrected chi connectivity index (χ4v) is 4.66. The summed E-state index contributed by atoms with van der Waals surface area (Å²) in [5.74, 6) is 0.226. The van der Waals surface area contributed by atoms with Crippen LogP contribution < -0.4 is 10.0 Å². The summed E-state index contributed by atoms with van der Waals surface area (Å²) >= 11 is 0. The largest absolute Gasteiger partial charge is 0.507 e. The summed E-state index contributed by atoms with van der Waals surface area (Å²) in [5, 5.41) is 33.6. The van der Waals surface area contributed by atoms with Crippen molar-refractivity contribution in [3.8, 4) is 5.75 Å². The maximum Gasteiger partial charge on any atom is 0.269 e. The second-order valence-corrected chi connectivity index (χ2v) is 10.7. The van der Waals surface area contributed by atoms with Crippen molar-refractivity contribution in [3.63, 3.8) is 0 Å². The van der Waals surface area contributed by atoms with Crippen LogP contribution in [0.4, 0.5) is 17.1 Å². The van der Waals surface area contributed by atoms with E-state index in [1.165, 1.54) is 17.7 Å². The number of nitrogens with zero attached hydrogens (tertiary/aromatic N) is 5. The van der Waals surface area contributed by atoms with E-state index in [0.717, 1.165) is 22.5 Å². The topological polar surface area (TPSA) is 94.6 Å². The van der Waals surface area contributed by atoms with E-state index < -0.39 is 4.92 Å². The summed E-state index contributed by atoms with van der Waals surface area (Å²) in [6.07, 6.45) is 3.39. The minimum atomic E-state index is -0.410. The summed E-state index contributed by atoms with van der Waals surface area (Å²) in [4.78, 5) is 10.3. The Morgan fingerprint density at radius 2 is 0.958 bits per heavy atom. The van der Waals surface area contributed by atoms with E-state index in [1.807, 2.05) is 119 Å². The maximum atomic E-state index is 10.7. The van der Waals surface area contributed by atoms with E-state index in [9.17, 15) is 15.2 Å². The molecule has 0 aliphatic rings. The van der Waals surface area contributed by atoms with Crippen molar-refractivity contribution in [1.82, 2.24) is 0 Å². The number of phenols is 1. The van der Waals surface area contributed by atoms with Gasteiger partial charge in [0.25, 0.3) is 5.69 Å². The first-order valence-electron chi connectivity index (χ1n) is 15.4. The molecular weight excluding hydrogens is 598 g/mol. The zero-order valence-corrected chi connectivity index (χ0v) is 26.2. The first kappa shape index (κ1) is 32.8. The molecule has 48 heavy (non-hydrogen) atoms. The van der Waals surface area contributed by atoms with Gasteiger partial charge in [0.15, 0.2) is 0 Å². The summed E-state index contributed by atoms with van der Waals surface area (Å²) in [5.41, 5.74) is 5.87. The molecule has 0 radical (unpaired) electrons. The Morgan fingerprint density at radius 1 is 0.542 bits per heavy atom. The van der Waals surface area contributed by atoms with Gasteiger partial charge in [-0.1, -0.05) is 109 Å². The summed E-state index contributed by atoms with van der Waals surface area (Å²) in [6, 6.07) is 53.7. The van der Waals surface area contributed by atoms with Crippen LogP contribution >= 0.6 is 0 Å². The van der Waals surface area contributed by atoms with Crippen molar-refractivity contribution >= 4 is 29.5 Å². The molecule has 0 fully saturated rings. The van der Waals surface area contributed by atoms with Crippen LogP contribution in [-0.4, -0.2) is 22.5 Å². The molecule has 8 heteroatoms. The average molecular weight is 634 g/mol. The number of hydrogen-bond donors (Lipinski definition) is 1. The normalized spacial score (nSPS) is 10.8. The Morgan fingerprint density at radius 3 is 1.42 bits per heavy atom. The second kappa shape index (κ2) is 17.2. The minimum Gasteiger partial charge on any atom is -0.507 e. The molecule has 0 unspecified atom stereocenters. The Balaban J connectivity index is 0.000000188. The summed E-state index contributed by atoms with van der Waals surface area (Å²) in [6.45, 7) is 1.29. The standard InChI is InChI=1S/C20H17N3O2.C20H18N2O/c24-23(25)20-13-11-17(12-14-20)15-21-22(19-9-5-2-6-10-19)16-18-7-3-1-4-8-18;23-20-14-8-7-11-18(20)15-21-22(19-12-5-2-6-13-19)16-17-9-3-1-4-10-17/h1-15H,16H2;1-15,23H,16H2/b2*21-15+. The lowest BCUT2D eigenvalue weighted by atomic mass is 10.2. The molecule has 6 aromatic rings. The Hall–Kier alpha value is -6.54. The zero-order valence-electron chi connectivity index (χ0n) is 26.2. The highest BCUT2D eigenvalue weighted by atomic mass is 16.6. The van der Waals surface area contributed by atoms with Crippen LogP contribution in [0.1, 0.15) is 22.3 Å². The number of para-hydroxylation sites is 3. The Bertz CT molecular complexity index is 1900. The van der Waals surface area contributed by atoms with Crippen LogP contribution in [0.3, 0.4) is 0 Å². The number of nitro benzene ring substituents is 1.